The van der Waals surface area contributed by atoms with Crippen LogP contribution in [-0.2, 0) is 0 Å². The quantitative estimate of drug-likeness (QED) is 0.254. The van der Waals surface area contributed by atoms with Crippen molar-refractivity contribution in [1.82, 2.24) is 15.0 Å². The minimum absolute atomic E-state index is 0.340. The van der Waals surface area contributed by atoms with Crippen LogP contribution in [-0.4, -0.2) is 35.4 Å². The van der Waals surface area contributed by atoms with Gasteiger partial charge in [-0.25, -0.2) is 15.0 Å². The van der Waals surface area contributed by atoms with E-state index in [0.717, 1.165) is 11.1 Å². The first-order valence-electron chi connectivity index (χ1n) is 9.20. The van der Waals surface area contributed by atoms with E-state index in [1.807, 2.05) is 42.7 Å². The monoisotopic (exact) mass is 472 g/mol. The van der Waals surface area contributed by atoms with Gasteiger partial charge in [0.2, 0.25) is 0 Å². The number of rotatable bonds is 6. The van der Waals surface area contributed by atoms with Gasteiger partial charge in [-0.3, -0.25) is 0 Å². The molecule has 2 heterocycles. The smallest absolute Gasteiger partial charge is 0.187 e. The molecule has 0 aliphatic heterocycles. The van der Waals surface area contributed by atoms with Crippen LogP contribution in [0.5, 0.6) is 11.5 Å². The Kier molecular flexibility index (Phi) is 6.36. The maximum Gasteiger partial charge on any atom is 0.187 e. The summed E-state index contributed by atoms with van der Waals surface area (Å²) < 4.78 is 10.8. The van der Waals surface area contributed by atoms with Crippen molar-refractivity contribution in [2.75, 3.05) is 25.8 Å². The maximum atomic E-state index is 6.63. The van der Waals surface area contributed by atoms with Crippen molar-refractivity contribution in [3.05, 3.63) is 58.7 Å². The first kappa shape index (κ1) is 21.5. The number of nitrogens with zero attached hydrogens (tertiary/aromatic N) is 3. The molecule has 158 valence electrons. The van der Waals surface area contributed by atoms with Crippen LogP contribution >= 0.6 is 35.0 Å². The van der Waals surface area contributed by atoms with E-state index < -0.39 is 0 Å². The second-order valence-corrected chi connectivity index (χ2v) is 7.96. The van der Waals surface area contributed by atoms with E-state index in [1.165, 1.54) is 26.0 Å². The average molecular weight is 473 g/mol. The minimum atomic E-state index is 0.340. The van der Waals surface area contributed by atoms with Crippen LogP contribution < -0.4 is 14.8 Å². The summed E-state index contributed by atoms with van der Waals surface area (Å²) in [6.45, 7) is 0. The van der Waals surface area contributed by atoms with Gasteiger partial charge in [0, 0.05) is 28.9 Å². The molecule has 0 spiro atoms. The molecule has 0 bridgehead atoms. The average Bonchev–Trinajstić information content (AvgIpc) is 2.80. The summed E-state index contributed by atoms with van der Waals surface area (Å²) in [6, 6.07) is 13.2. The first-order valence-corrected chi connectivity index (χ1v) is 11.2. The first-order chi connectivity index (χ1) is 15.0. The SMILES string of the molecule is COc1cc(OC)c(Cl)c(-c2cc3cnc(SC)nc3c(Nc3ccccc3)n2)c1Cl. The Morgan fingerprint density at radius 2 is 1.61 bits per heavy atom. The number of methoxy groups -OCH3 is 2. The maximum absolute atomic E-state index is 6.63. The number of thioether (sulfide) groups is 1. The fourth-order valence-electron chi connectivity index (χ4n) is 3.11. The van der Waals surface area contributed by atoms with Gasteiger partial charge in [0.1, 0.15) is 17.0 Å². The topological polar surface area (TPSA) is 69.2 Å². The number of hydrogen-bond donors (Lipinski definition) is 1. The van der Waals surface area contributed by atoms with Gasteiger partial charge in [-0.1, -0.05) is 53.2 Å². The Labute approximate surface area is 193 Å². The molecule has 6 nitrogen and oxygen atoms in total. The van der Waals surface area contributed by atoms with Gasteiger partial charge in [0.25, 0.3) is 0 Å². The Bertz CT molecular complexity index is 1230. The molecule has 0 aliphatic rings. The van der Waals surface area contributed by atoms with Gasteiger partial charge in [-0.05, 0) is 24.5 Å². The lowest BCUT2D eigenvalue weighted by Gasteiger charge is -2.16. The number of pyridine rings is 1. The molecule has 0 saturated heterocycles. The summed E-state index contributed by atoms with van der Waals surface area (Å²) in [4.78, 5) is 13.9. The zero-order valence-corrected chi connectivity index (χ0v) is 19.3. The molecular formula is C22H18Cl2N4O2S. The second kappa shape index (κ2) is 9.18. The third kappa shape index (κ3) is 4.21. The molecule has 31 heavy (non-hydrogen) atoms. The van der Waals surface area contributed by atoms with E-state index >= 15 is 0 Å². The lowest BCUT2D eigenvalue weighted by atomic mass is 10.1. The highest BCUT2D eigenvalue weighted by Gasteiger charge is 2.21. The van der Waals surface area contributed by atoms with Crippen LogP contribution in [0.3, 0.4) is 0 Å². The predicted octanol–water partition coefficient (Wildman–Crippen LogP) is 6.48. The number of halogens is 2. The Morgan fingerprint density at radius 3 is 2.23 bits per heavy atom. The molecule has 0 radical (unpaired) electrons. The molecule has 0 amide bonds. The van der Waals surface area contributed by atoms with Crippen LogP contribution in [0.2, 0.25) is 10.0 Å². The van der Waals surface area contributed by atoms with Crippen molar-refractivity contribution >= 4 is 57.4 Å². The van der Waals surface area contributed by atoms with Crippen molar-refractivity contribution in [1.29, 1.82) is 0 Å². The van der Waals surface area contributed by atoms with E-state index in [-0.39, 0.29) is 0 Å². The van der Waals surface area contributed by atoms with E-state index in [2.05, 4.69) is 15.3 Å². The minimum Gasteiger partial charge on any atom is -0.495 e. The van der Waals surface area contributed by atoms with Crippen molar-refractivity contribution in [3.8, 4) is 22.8 Å². The summed E-state index contributed by atoms with van der Waals surface area (Å²) in [7, 11) is 3.07. The number of fused-ring (bicyclic) bond motifs is 1. The Balaban J connectivity index is 1.98. The Hall–Kier alpha value is -2.74. The van der Waals surface area contributed by atoms with Crippen LogP contribution in [0.1, 0.15) is 0 Å². The second-order valence-electron chi connectivity index (χ2n) is 6.43. The van der Waals surface area contributed by atoms with Gasteiger partial charge in [-0.15, -0.1) is 0 Å². The molecule has 0 fully saturated rings. The molecule has 9 heteroatoms. The van der Waals surface area contributed by atoms with E-state index in [4.69, 9.17) is 37.7 Å². The van der Waals surface area contributed by atoms with E-state index in [9.17, 15) is 0 Å². The summed E-state index contributed by atoms with van der Waals surface area (Å²) in [5, 5.41) is 5.46. The largest absolute Gasteiger partial charge is 0.495 e. The van der Waals surface area contributed by atoms with E-state index in [0.29, 0.717) is 49.3 Å². The predicted molar refractivity (Wildman–Crippen MR) is 127 cm³/mol. The molecule has 0 aliphatic carbocycles. The number of aromatic nitrogens is 3. The molecule has 2 aromatic heterocycles. The zero-order valence-electron chi connectivity index (χ0n) is 16.9. The molecule has 0 unspecified atom stereocenters. The van der Waals surface area contributed by atoms with Gasteiger partial charge < -0.3 is 14.8 Å². The van der Waals surface area contributed by atoms with Crippen molar-refractivity contribution < 1.29 is 9.47 Å². The summed E-state index contributed by atoms with van der Waals surface area (Å²) in [5.74, 6) is 1.43. The molecule has 4 aromatic rings. The third-order valence-electron chi connectivity index (χ3n) is 4.59. The Morgan fingerprint density at radius 1 is 0.935 bits per heavy atom. The van der Waals surface area contributed by atoms with Gasteiger partial charge >= 0.3 is 0 Å². The highest BCUT2D eigenvalue weighted by atomic mass is 35.5. The van der Waals surface area contributed by atoms with Crippen molar-refractivity contribution in [2.45, 2.75) is 5.16 Å². The third-order valence-corrected chi connectivity index (χ3v) is 5.90. The van der Waals surface area contributed by atoms with Crippen LogP contribution in [0.15, 0.2) is 53.8 Å². The van der Waals surface area contributed by atoms with Crippen LogP contribution in [0.4, 0.5) is 11.5 Å². The van der Waals surface area contributed by atoms with Gasteiger partial charge in [0.15, 0.2) is 11.0 Å². The lowest BCUT2D eigenvalue weighted by molar-refractivity contribution is 0.395. The van der Waals surface area contributed by atoms with Gasteiger partial charge in [-0.2, -0.15) is 0 Å². The molecule has 1 N–H and O–H groups in total. The summed E-state index contributed by atoms with van der Waals surface area (Å²) in [5.41, 5.74) is 2.61. The standard InChI is InChI=1S/C22H18Cl2N4O2S/c1-29-15-10-16(30-2)19(24)17(18(15)23)14-9-12-11-25-22(31-3)28-20(12)21(27-14)26-13-7-5-4-6-8-13/h4-11H,1-3H3,(H,26,27). The van der Waals surface area contributed by atoms with E-state index in [1.54, 1.807) is 12.3 Å². The fraction of sp³-hybridized carbons (Fsp3) is 0.136. The van der Waals surface area contributed by atoms with Crippen LogP contribution in [0, 0.1) is 0 Å². The molecule has 0 saturated carbocycles. The number of benzene rings is 2. The highest BCUT2D eigenvalue weighted by Crippen LogP contribution is 2.46. The van der Waals surface area contributed by atoms with Crippen molar-refractivity contribution in [2.24, 2.45) is 0 Å². The molecule has 4 rings (SSSR count). The summed E-state index contributed by atoms with van der Waals surface area (Å²) in [6.07, 6.45) is 3.68. The van der Waals surface area contributed by atoms with Crippen LogP contribution in [0.25, 0.3) is 22.2 Å². The number of anilines is 2. The normalized spacial score (nSPS) is 10.9. The molecular weight excluding hydrogens is 455 g/mol. The molecule has 0 atom stereocenters. The lowest BCUT2D eigenvalue weighted by Crippen LogP contribution is -2.01. The molecule has 2 aromatic carbocycles. The number of ether oxygens (including phenoxy) is 2. The zero-order chi connectivity index (χ0) is 22.0. The summed E-state index contributed by atoms with van der Waals surface area (Å²) >= 11 is 14.7. The fourth-order valence-corrected chi connectivity index (χ4v) is 4.14. The number of hydrogen-bond acceptors (Lipinski definition) is 7. The van der Waals surface area contributed by atoms with Crippen molar-refractivity contribution in [3.63, 3.8) is 0 Å². The number of para-hydroxylation sites is 1. The number of nitrogens with one attached hydrogen (secondary N) is 1. The highest BCUT2D eigenvalue weighted by molar-refractivity contribution is 7.98. The van der Waals surface area contributed by atoms with Gasteiger partial charge in [0.05, 0.1) is 30.0 Å².